The van der Waals surface area contributed by atoms with Crippen molar-refractivity contribution in [3.8, 4) is 17.6 Å². The fourth-order valence-corrected chi connectivity index (χ4v) is 3.63. The lowest BCUT2D eigenvalue weighted by Gasteiger charge is -2.09. The minimum absolute atomic E-state index is 0.489. The molecule has 1 aromatic carbocycles. The zero-order chi connectivity index (χ0) is 20.3. The van der Waals surface area contributed by atoms with Crippen LogP contribution in [0.25, 0.3) is 0 Å². The van der Waals surface area contributed by atoms with Gasteiger partial charge in [0.25, 0.3) is 0 Å². The average molecular weight is 384 g/mol. The molecule has 1 atom stereocenters. The summed E-state index contributed by atoms with van der Waals surface area (Å²) in [5.74, 6) is 8.20. The summed E-state index contributed by atoms with van der Waals surface area (Å²) < 4.78 is 5.20. The molecule has 0 N–H and O–H groups in total. The first-order valence-corrected chi connectivity index (χ1v) is 11.7. The lowest BCUT2D eigenvalue weighted by molar-refractivity contribution is 0.415. The highest BCUT2D eigenvalue weighted by atomic mass is 16.5. The molecule has 1 radical (unpaired) electrons. The summed E-state index contributed by atoms with van der Waals surface area (Å²) in [5, 5.41) is 0. The van der Waals surface area contributed by atoms with Crippen LogP contribution in [-0.2, 0) is 0 Å². The second-order valence-corrected chi connectivity index (χ2v) is 8.01. The maximum atomic E-state index is 5.20. The molecule has 0 saturated heterocycles. The van der Waals surface area contributed by atoms with E-state index in [1.807, 2.05) is 24.3 Å². The highest BCUT2D eigenvalue weighted by Crippen LogP contribution is 2.18. The Bertz CT molecular complexity index is 519. The topological polar surface area (TPSA) is 9.23 Å². The van der Waals surface area contributed by atoms with E-state index in [-0.39, 0.29) is 0 Å². The van der Waals surface area contributed by atoms with Crippen molar-refractivity contribution < 1.29 is 4.74 Å². The lowest BCUT2D eigenvalue weighted by atomic mass is 9.96. The quantitative estimate of drug-likeness (QED) is 0.206. The summed E-state index contributed by atoms with van der Waals surface area (Å²) in [5.41, 5.74) is 1.07. The zero-order valence-electron chi connectivity index (χ0n) is 18.6. The summed E-state index contributed by atoms with van der Waals surface area (Å²) in [4.78, 5) is 0. The Balaban J connectivity index is 2.11. The molecule has 0 amide bonds. The van der Waals surface area contributed by atoms with Crippen LogP contribution in [0, 0.1) is 24.7 Å². The van der Waals surface area contributed by atoms with Gasteiger partial charge < -0.3 is 4.74 Å². The van der Waals surface area contributed by atoms with Crippen LogP contribution in [0.3, 0.4) is 0 Å². The van der Waals surface area contributed by atoms with Gasteiger partial charge in [-0.2, -0.15) is 0 Å². The highest BCUT2D eigenvalue weighted by molar-refractivity contribution is 5.38. The lowest BCUT2D eigenvalue weighted by Crippen LogP contribution is -1.97. The maximum Gasteiger partial charge on any atom is 0.118 e. The SMILES string of the molecule is [CH2]CCC(C#Cc1ccc(OC)cc1)CCCCCCCCCCCCCC. The van der Waals surface area contributed by atoms with Crippen molar-refractivity contribution in [2.24, 2.45) is 5.92 Å². The molecule has 1 nitrogen and oxygen atoms in total. The number of hydrogen-bond acceptors (Lipinski definition) is 1. The Kier molecular flexibility index (Phi) is 15.5. The van der Waals surface area contributed by atoms with Crippen LogP contribution in [0.4, 0.5) is 0 Å². The van der Waals surface area contributed by atoms with Crippen molar-refractivity contribution in [2.45, 2.75) is 103 Å². The molecule has 28 heavy (non-hydrogen) atoms. The predicted molar refractivity (Wildman–Crippen MR) is 124 cm³/mol. The Morgan fingerprint density at radius 1 is 0.786 bits per heavy atom. The summed E-state index contributed by atoms with van der Waals surface area (Å²) in [6.45, 7) is 6.31. The first-order valence-electron chi connectivity index (χ1n) is 11.7. The molecule has 0 fully saturated rings. The van der Waals surface area contributed by atoms with Gasteiger partial charge in [0.05, 0.1) is 7.11 Å². The monoisotopic (exact) mass is 383 g/mol. The standard InChI is InChI=1S/C27H43O/c1-4-6-7-8-9-10-11-12-13-14-15-16-18-25(17-5-2)19-20-26-21-23-27(28-3)24-22-26/h21-25H,2,4-18H2,1,3H3. The van der Waals surface area contributed by atoms with Gasteiger partial charge in [-0.3, -0.25) is 0 Å². The van der Waals surface area contributed by atoms with Crippen molar-refractivity contribution in [1.29, 1.82) is 0 Å². The fraction of sp³-hybridized carbons (Fsp3) is 0.667. The van der Waals surface area contributed by atoms with Gasteiger partial charge in [0.2, 0.25) is 0 Å². The zero-order valence-corrected chi connectivity index (χ0v) is 18.6. The number of methoxy groups -OCH3 is 1. The second-order valence-electron chi connectivity index (χ2n) is 8.01. The maximum absolute atomic E-state index is 5.20. The van der Waals surface area contributed by atoms with Gasteiger partial charge in [-0.15, -0.1) is 0 Å². The van der Waals surface area contributed by atoms with E-state index >= 15 is 0 Å². The predicted octanol–water partition coefficient (Wildman–Crippen LogP) is 8.37. The number of unbranched alkanes of at least 4 members (excludes halogenated alkanes) is 11. The summed E-state index contributed by atoms with van der Waals surface area (Å²) in [6, 6.07) is 8.03. The largest absolute Gasteiger partial charge is 0.497 e. The highest BCUT2D eigenvalue weighted by Gasteiger charge is 2.04. The number of hydrogen-bond donors (Lipinski definition) is 0. The molecule has 1 rings (SSSR count). The van der Waals surface area contributed by atoms with Gasteiger partial charge in [-0.25, -0.2) is 0 Å². The Hall–Kier alpha value is -1.42. The van der Waals surface area contributed by atoms with Crippen LogP contribution in [0.15, 0.2) is 24.3 Å². The molecular formula is C27H43O. The molecule has 0 aromatic heterocycles. The van der Waals surface area contributed by atoms with E-state index in [9.17, 15) is 0 Å². The van der Waals surface area contributed by atoms with E-state index in [4.69, 9.17) is 4.74 Å². The van der Waals surface area contributed by atoms with Crippen molar-refractivity contribution in [2.75, 3.05) is 7.11 Å². The van der Waals surface area contributed by atoms with Crippen molar-refractivity contribution in [1.82, 2.24) is 0 Å². The van der Waals surface area contributed by atoms with Gasteiger partial charge in [-0.05, 0) is 37.1 Å². The number of ether oxygens (including phenoxy) is 1. The molecule has 0 aliphatic heterocycles. The van der Waals surface area contributed by atoms with Crippen LogP contribution in [0.2, 0.25) is 0 Å². The molecule has 0 saturated carbocycles. The smallest absolute Gasteiger partial charge is 0.118 e. The van der Waals surface area contributed by atoms with Crippen LogP contribution >= 0.6 is 0 Å². The minimum Gasteiger partial charge on any atom is -0.497 e. The summed E-state index contributed by atoms with van der Waals surface area (Å²) in [6.07, 6.45) is 20.1. The molecule has 157 valence electrons. The first-order chi connectivity index (χ1) is 13.8. The van der Waals surface area contributed by atoms with Crippen LogP contribution < -0.4 is 4.74 Å². The third-order valence-corrected chi connectivity index (χ3v) is 5.47. The molecular weight excluding hydrogens is 340 g/mol. The third-order valence-electron chi connectivity index (χ3n) is 5.47. The van der Waals surface area contributed by atoms with E-state index in [0.29, 0.717) is 5.92 Å². The molecule has 0 aliphatic carbocycles. The minimum atomic E-state index is 0.489. The molecule has 0 bridgehead atoms. The average Bonchev–Trinajstić information content (AvgIpc) is 2.73. The van der Waals surface area contributed by atoms with E-state index < -0.39 is 0 Å². The first kappa shape index (κ1) is 24.6. The van der Waals surface area contributed by atoms with Gasteiger partial charge in [0.1, 0.15) is 5.75 Å². The van der Waals surface area contributed by atoms with Gasteiger partial charge in [0.15, 0.2) is 0 Å². The Morgan fingerprint density at radius 2 is 1.32 bits per heavy atom. The molecule has 0 aliphatic rings. The number of benzene rings is 1. The summed E-state index contributed by atoms with van der Waals surface area (Å²) >= 11 is 0. The van der Waals surface area contributed by atoms with Gasteiger partial charge >= 0.3 is 0 Å². The van der Waals surface area contributed by atoms with Gasteiger partial charge in [0, 0.05) is 11.5 Å². The van der Waals surface area contributed by atoms with E-state index in [0.717, 1.165) is 24.2 Å². The van der Waals surface area contributed by atoms with Crippen molar-refractivity contribution in [3.63, 3.8) is 0 Å². The van der Waals surface area contributed by atoms with Crippen LogP contribution in [0.5, 0.6) is 5.75 Å². The number of rotatable bonds is 16. The van der Waals surface area contributed by atoms with Gasteiger partial charge in [-0.1, -0.05) is 109 Å². The Morgan fingerprint density at radius 3 is 1.82 bits per heavy atom. The third kappa shape index (κ3) is 12.9. The normalized spacial score (nSPS) is 11.7. The Labute approximate surface area is 175 Å². The van der Waals surface area contributed by atoms with Crippen molar-refractivity contribution in [3.05, 3.63) is 36.8 Å². The molecule has 1 aromatic rings. The fourth-order valence-electron chi connectivity index (χ4n) is 3.63. The van der Waals surface area contributed by atoms with Crippen LogP contribution in [-0.4, -0.2) is 7.11 Å². The van der Waals surface area contributed by atoms with E-state index in [1.165, 1.54) is 83.5 Å². The molecule has 1 unspecified atom stereocenters. The van der Waals surface area contributed by atoms with E-state index in [1.54, 1.807) is 7.11 Å². The van der Waals surface area contributed by atoms with E-state index in [2.05, 4.69) is 25.7 Å². The molecule has 0 spiro atoms. The second kappa shape index (κ2) is 17.7. The van der Waals surface area contributed by atoms with Crippen molar-refractivity contribution >= 4 is 0 Å². The molecule has 1 heteroatoms. The summed E-state index contributed by atoms with van der Waals surface area (Å²) in [7, 11) is 1.69. The van der Waals surface area contributed by atoms with Crippen LogP contribution in [0.1, 0.15) is 109 Å². The molecule has 0 heterocycles.